The lowest BCUT2D eigenvalue weighted by atomic mass is 10.2. The third-order valence-electron chi connectivity index (χ3n) is 3.92. The molecule has 1 aromatic heterocycles. The summed E-state index contributed by atoms with van der Waals surface area (Å²) in [7, 11) is 0. The van der Waals surface area contributed by atoms with Gasteiger partial charge in [0.25, 0.3) is 0 Å². The first-order chi connectivity index (χ1) is 13.7. The quantitative estimate of drug-likeness (QED) is 0.366. The highest BCUT2D eigenvalue weighted by molar-refractivity contribution is 7.71. The number of H-pyrrole nitrogens is 1. The van der Waals surface area contributed by atoms with E-state index in [9.17, 15) is 4.39 Å². The van der Waals surface area contributed by atoms with Crippen LogP contribution in [0.4, 0.5) is 4.39 Å². The number of nitrogens with one attached hydrogen (secondary N) is 1. The average molecular weight is 390 g/mol. The molecule has 0 saturated heterocycles. The van der Waals surface area contributed by atoms with E-state index in [2.05, 4.69) is 15.3 Å². The zero-order valence-corrected chi connectivity index (χ0v) is 15.4. The molecule has 7 heteroatoms. The van der Waals surface area contributed by atoms with Gasteiger partial charge in [-0.15, -0.1) is 0 Å². The molecule has 0 fully saturated rings. The molecule has 0 unspecified atom stereocenters. The van der Waals surface area contributed by atoms with Crippen LogP contribution in [0.15, 0.2) is 84.0 Å². The van der Waals surface area contributed by atoms with Crippen LogP contribution in [0.2, 0.25) is 0 Å². The average Bonchev–Trinajstić information content (AvgIpc) is 3.08. The van der Waals surface area contributed by atoms with Crippen LogP contribution < -0.4 is 4.74 Å². The minimum absolute atomic E-state index is 0.270. The van der Waals surface area contributed by atoms with Gasteiger partial charge in [0.15, 0.2) is 5.82 Å². The number of aromatic nitrogens is 3. The van der Waals surface area contributed by atoms with Gasteiger partial charge in [-0.25, -0.2) is 9.49 Å². The van der Waals surface area contributed by atoms with Crippen LogP contribution in [0.5, 0.6) is 11.5 Å². The topological polar surface area (TPSA) is 55.2 Å². The van der Waals surface area contributed by atoms with Gasteiger partial charge in [-0.05, 0) is 54.2 Å². The van der Waals surface area contributed by atoms with E-state index in [-0.39, 0.29) is 4.77 Å². The molecule has 28 heavy (non-hydrogen) atoms. The maximum atomic E-state index is 14.1. The first-order valence-electron chi connectivity index (χ1n) is 8.50. The Kier molecular flexibility index (Phi) is 5.07. The lowest BCUT2D eigenvalue weighted by molar-refractivity contribution is 0.482. The van der Waals surface area contributed by atoms with E-state index in [1.807, 2.05) is 54.6 Å². The fraction of sp³-hybridized carbons (Fsp3) is 0. The van der Waals surface area contributed by atoms with Crippen LogP contribution in [0.25, 0.3) is 11.4 Å². The summed E-state index contributed by atoms with van der Waals surface area (Å²) < 4.78 is 21.6. The SMILES string of the molecule is Fc1ccccc1-c1n[nH]c(=S)n1/N=C\c1cccc(Oc2ccccc2)c1. The predicted molar refractivity (Wildman–Crippen MR) is 109 cm³/mol. The Morgan fingerprint density at radius 1 is 0.964 bits per heavy atom. The first kappa shape index (κ1) is 17.8. The second kappa shape index (κ2) is 7.98. The van der Waals surface area contributed by atoms with Crippen molar-refractivity contribution in [3.8, 4) is 22.9 Å². The van der Waals surface area contributed by atoms with Gasteiger partial charge in [0.1, 0.15) is 17.3 Å². The molecule has 4 rings (SSSR count). The molecule has 0 spiro atoms. The maximum Gasteiger partial charge on any atom is 0.216 e. The molecular weight excluding hydrogens is 375 g/mol. The number of aromatic amines is 1. The van der Waals surface area contributed by atoms with Gasteiger partial charge in [-0.2, -0.15) is 14.9 Å². The van der Waals surface area contributed by atoms with Crippen molar-refractivity contribution >= 4 is 18.4 Å². The molecule has 5 nitrogen and oxygen atoms in total. The number of hydrogen-bond acceptors (Lipinski definition) is 4. The van der Waals surface area contributed by atoms with Crippen LogP contribution in [0, 0.1) is 10.6 Å². The van der Waals surface area contributed by atoms with Crippen molar-refractivity contribution in [1.29, 1.82) is 0 Å². The van der Waals surface area contributed by atoms with E-state index < -0.39 is 5.82 Å². The molecule has 4 aromatic rings. The third kappa shape index (κ3) is 3.89. The Hall–Kier alpha value is -3.58. The Morgan fingerprint density at radius 2 is 1.71 bits per heavy atom. The number of hydrogen-bond donors (Lipinski definition) is 1. The maximum absolute atomic E-state index is 14.1. The van der Waals surface area contributed by atoms with Crippen LogP contribution in [0.1, 0.15) is 5.56 Å². The normalized spacial score (nSPS) is 11.0. The fourth-order valence-electron chi connectivity index (χ4n) is 2.62. The van der Waals surface area contributed by atoms with Crippen LogP contribution in [0.3, 0.4) is 0 Å². The second-order valence-corrected chi connectivity index (χ2v) is 6.26. The molecule has 0 aliphatic rings. The van der Waals surface area contributed by atoms with Gasteiger partial charge in [-0.3, -0.25) is 0 Å². The van der Waals surface area contributed by atoms with Crippen LogP contribution in [-0.4, -0.2) is 21.1 Å². The summed E-state index contributed by atoms with van der Waals surface area (Å²) in [5, 5.41) is 11.1. The highest BCUT2D eigenvalue weighted by atomic mass is 32.1. The van der Waals surface area contributed by atoms with Crippen LogP contribution in [-0.2, 0) is 0 Å². The van der Waals surface area contributed by atoms with E-state index in [0.717, 1.165) is 11.3 Å². The Balaban J connectivity index is 1.62. The van der Waals surface area contributed by atoms with E-state index in [1.165, 1.54) is 10.7 Å². The molecule has 0 amide bonds. The molecule has 0 radical (unpaired) electrons. The smallest absolute Gasteiger partial charge is 0.216 e. The largest absolute Gasteiger partial charge is 0.457 e. The number of halogens is 1. The molecule has 0 bridgehead atoms. The van der Waals surface area contributed by atoms with Gasteiger partial charge < -0.3 is 4.74 Å². The Morgan fingerprint density at radius 3 is 2.54 bits per heavy atom. The highest BCUT2D eigenvalue weighted by Gasteiger charge is 2.12. The summed E-state index contributed by atoms with van der Waals surface area (Å²) in [5.41, 5.74) is 1.11. The van der Waals surface area contributed by atoms with Gasteiger partial charge in [0, 0.05) is 0 Å². The van der Waals surface area contributed by atoms with Crippen molar-refractivity contribution < 1.29 is 9.13 Å². The molecule has 0 saturated carbocycles. The van der Waals surface area contributed by atoms with Crippen molar-refractivity contribution in [3.63, 3.8) is 0 Å². The zero-order chi connectivity index (χ0) is 19.3. The van der Waals surface area contributed by atoms with Gasteiger partial charge in [0.05, 0.1) is 11.8 Å². The number of ether oxygens (including phenoxy) is 1. The molecular formula is C21H15FN4OS. The molecule has 1 N–H and O–H groups in total. The van der Waals surface area contributed by atoms with Crippen molar-refractivity contribution in [2.45, 2.75) is 0 Å². The molecule has 0 atom stereocenters. The standard InChI is InChI=1S/C21H15FN4OS/c22-19-12-5-4-11-18(19)20-24-25-21(28)26(20)23-14-15-7-6-10-17(13-15)27-16-8-2-1-3-9-16/h1-14H,(H,25,28)/b23-14-. The predicted octanol–water partition coefficient (Wildman–Crippen LogP) is 5.42. The Labute approximate surface area is 165 Å². The summed E-state index contributed by atoms with van der Waals surface area (Å²) in [5.74, 6) is 1.33. The monoisotopic (exact) mass is 390 g/mol. The Bertz CT molecular complexity index is 1180. The van der Waals surface area contributed by atoms with E-state index >= 15 is 0 Å². The number of nitrogens with zero attached hydrogens (tertiary/aromatic N) is 3. The summed E-state index contributed by atoms with van der Waals surface area (Å²) in [4.78, 5) is 0. The molecule has 1 heterocycles. The van der Waals surface area contributed by atoms with Crippen molar-refractivity contribution in [2.24, 2.45) is 5.10 Å². The van der Waals surface area contributed by atoms with Crippen molar-refractivity contribution in [2.75, 3.05) is 0 Å². The summed E-state index contributed by atoms with van der Waals surface area (Å²) in [6.07, 6.45) is 1.62. The van der Waals surface area contributed by atoms with Crippen molar-refractivity contribution in [1.82, 2.24) is 14.9 Å². The first-order valence-corrected chi connectivity index (χ1v) is 8.91. The van der Waals surface area contributed by atoms with Crippen LogP contribution >= 0.6 is 12.2 Å². The van der Waals surface area contributed by atoms with Gasteiger partial charge >= 0.3 is 0 Å². The zero-order valence-electron chi connectivity index (χ0n) is 14.6. The van der Waals surface area contributed by atoms with E-state index in [1.54, 1.807) is 24.4 Å². The molecule has 3 aromatic carbocycles. The van der Waals surface area contributed by atoms with E-state index in [0.29, 0.717) is 17.1 Å². The number of benzene rings is 3. The summed E-state index contributed by atoms with van der Waals surface area (Å²) in [6, 6.07) is 23.3. The number of rotatable bonds is 5. The molecule has 0 aliphatic heterocycles. The minimum Gasteiger partial charge on any atom is -0.457 e. The third-order valence-corrected chi connectivity index (χ3v) is 4.19. The lowest BCUT2D eigenvalue weighted by Gasteiger charge is -2.06. The lowest BCUT2D eigenvalue weighted by Crippen LogP contribution is -1.97. The molecule has 0 aliphatic carbocycles. The minimum atomic E-state index is -0.397. The second-order valence-electron chi connectivity index (χ2n) is 5.88. The van der Waals surface area contributed by atoms with Crippen molar-refractivity contribution in [3.05, 3.63) is 95.0 Å². The van der Waals surface area contributed by atoms with Gasteiger partial charge in [-0.1, -0.05) is 42.5 Å². The van der Waals surface area contributed by atoms with Gasteiger partial charge in [0.2, 0.25) is 4.77 Å². The summed E-state index contributed by atoms with van der Waals surface area (Å²) in [6.45, 7) is 0. The van der Waals surface area contributed by atoms with E-state index in [4.69, 9.17) is 17.0 Å². The number of para-hydroxylation sites is 1. The fourth-order valence-corrected chi connectivity index (χ4v) is 2.80. The summed E-state index contributed by atoms with van der Waals surface area (Å²) >= 11 is 5.23. The molecule has 138 valence electrons. The highest BCUT2D eigenvalue weighted by Crippen LogP contribution is 2.22.